The highest BCUT2D eigenvalue weighted by Gasteiger charge is 2.30. The van der Waals surface area contributed by atoms with Crippen LogP contribution in [0.15, 0.2) is 102 Å². The minimum Gasteiger partial charge on any atom is -0.489 e. The number of rotatable bonds is 8. The number of carboxylic acid groups (broad SMARTS) is 1. The molecule has 10 heteroatoms. The molecule has 1 heterocycles. The number of hydrogen-bond donors (Lipinski definition) is 3. The second-order valence-corrected chi connectivity index (χ2v) is 11.7. The van der Waals surface area contributed by atoms with Crippen LogP contribution in [0.25, 0.3) is 10.9 Å². The van der Waals surface area contributed by atoms with Crippen LogP contribution < -0.4 is 20.3 Å². The summed E-state index contributed by atoms with van der Waals surface area (Å²) in [7, 11) is 0. The fourth-order valence-corrected chi connectivity index (χ4v) is 4.97. The lowest BCUT2D eigenvalue weighted by Gasteiger charge is -2.34. The van der Waals surface area contributed by atoms with Crippen molar-refractivity contribution in [2.45, 2.75) is 32.9 Å². The molecule has 0 aliphatic heterocycles. The van der Waals surface area contributed by atoms with Crippen molar-refractivity contribution in [3.8, 4) is 5.75 Å². The van der Waals surface area contributed by atoms with E-state index in [9.17, 15) is 14.7 Å². The van der Waals surface area contributed by atoms with Gasteiger partial charge in [-0.3, -0.25) is 9.69 Å². The number of para-hydroxylation sites is 2. The van der Waals surface area contributed by atoms with Crippen molar-refractivity contribution >= 4 is 61.7 Å². The van der Waals surface area contributed by atoms with Crippen LogP contribution in [0.3, 0.4) is 0 Å². The van der Waals surface area contributed by atoms with E-state index in [4.69, 9.17) is 4.74 Å². The maximum Gasteiger partial charge on any atom is 0.412 e. The fraction of sp³-hybridized carbons (Fsp3) is 0.152. The molecule has 4 aromatic carbocycles. The van der Waals surface area contributed by atoms with Gasteiger partial charge in [0.15, 0.2) is 0 Å². The Morgan fingerprint density at radius 1 is 0.930 bits per heavy atom. The second kappa shape index (κ2) is 12.5. The van der Waals surface area contributed by atoms with Gasteiger partial charge in [0.1, 0.15) is 24.5 Å². The number of aromatic nitrogens is 2. The number of nitrogens with zero attached hydrogens (tertiary/aromatic N) is 3. The lowest BCUT2D eigenvalue weighted by atomic mass is 10.0. The molecule has 9 nitrogen and oxygen atoms in total. The van der Waals surface area contributed by atoms with Crippen molar-refractivity contribution in [2.24, 2.45) is 0 Å². The van der Waals surface area contributed by atoms with Gasteiger partial charge < -0.3 is 20.5 Å². The number of carbonyl (C=O) groups excluding carboxylic acids is 1. The molecular formula is C33H30BrN5O4. The summed E-state index contributed by atoms with van der Waals surface area (Å²) in [6.07, 6.45) is 0.418. The maximum atomic E-state index is 13.1. The summed E-state index contributed by atoms with van der Waals surface area (Å²) in [4.78, 5) is 35.1. The predicted molar refractivity (Wildman–Crippen MR) is 172 cm³/mol. The number of carbonyl (C=O) groups is 2. The summed E-state index contributed by atoms with van der Waals surface area (Å²) in [6, 6.07) is 27.4. The average molecular weight is 641 g/mol. The van der Waals surface area contributed by atoms with Gasteiger partial charge in [-0.1, -0.05) is 46.3 Å². The van der Waals surface area contributed by atoms with Crippen molar-refractivity contribution < 1.29 is 19.4 Å². The molecule has 0 bridgehead atoms. The van der Waals surface area contributed by atoms with Crippen LogP contribution in [0, 0.1) is 0 Å². The van der Waals surface area contributed by atoms with Crippen LogP contribution in [0.1, 0.15) is 36.7 Å². The third-order valence-electron chi connectivity index (χ3n) is 6.57. The lowest BCUT2D eigenvalue weighted by Crippen LogP contribution is -2.45. The normalized spacial score (nSPS) is 11.2. The van der Waals surface area contributed by atoms with E-state index in [0.717, 1.165) is 26.6 Å². The zero-order chi connectivity index (χ0) is 30.6. The van der Waals surface area contributed by atoms with Crippen LogP contribution in [-0.4, -0.2) is 32.6 Å². The van der Waals surface area contributed by atoms with E-state index in [-0.39, 0.29) is 12.5 Å². The van der Waals surface area contributed by atoms with E-state index in [2.05, 4.69) is 36.5 Å². The quantitative estimate of drug-likeness (QED) is 0.156. The van der Waals surface area contributed by atoms with Crippen molar-refractivity contribution in [3.05, 3.63) is 113 Å². The van der Waals surface area contributed by atoms with Gasteiger partial charge in [-0.05, 0) is 87.0 Å². The number of nitrogens with one attached hydrogen (secondary N) is 2. The first-order chi connectivity index (χ1) is 20.6. The maximum absolute atomic E-state index is 13.1. The van der Waals surface area contributed by atoms with Crippen molar-refractivity contribution in [2.75, 3.05) is 15.5 Å². The molecule has 218 valence electrons. The smallest absolute Gasteiger partial charge is 0.412 e. The molecule has 0 radical (unpaired) electrons. The Kier molecular flexibility index (Phi) is 8.58. The zero-order valence-electron chi connectivity index (χ0n) is 23.8. The molecule has 5 aromatic rings. The Bertz CT molecular complexity index is 1790. The second-order valence-electron chi connectivity index (χ2n) is 10.8. The van der Waals surface area contributed by atoms with E-state index in [1.54, 1.807) is 57.2 Å². The number of benzene rings is 4. The SMILES string of the molecule is CC(C)(C)N(C(=O)O)c1ccccc1NC(=O)c1ccc(COc2ccc3ncnc(Nc4cccc(Br)c4)c3c2)cc1. The van der Waals surface area contributed by atoms with Gasteiger partial charge in [0.05, 0.1) is 16.9 Å². The third kappa shape index (κ3) is 7.10. The van der Waals surface area contributed by atoms with Gasteiger partial charge >= 0.3 is 6.09 Å². The van der Waals surface area contributed by atoms with E-state index >= 15 is 0 Å². The number of halogens is 1. The van der Waals surface area contributed by atoms with Crippen LogP contribution in [0.5, 0.6) is 5.75 Å². The Balaban J connectivity index is 1.27. The van der Waals surface area contributed by atoms with Crippen LogP contribution >= 0.6 is 15.9 Å². The van der Waals surface area contributed by atoms with Gasteiger partial charge in [0.25, 0.3) is 5.91 Å². The van der Waals surface area contributed by atoms with Gasteiger partial charge in [-0.25, -0.2) is 14.8 Å². The number of ether oxygens (including phenoxy) is 1. The van der Waals surface area contributed by atoms with E-state index in [1.807, 2.05) is 54.6 Å². The molecule has 0 spiro atoms. The molecule has 0 aliphatic rings. The van der Waals surface area contributed by atoms with E-state index < -0.39 is 11.6 Å². The molecule has 0 saturated heterocycles. The molecule has 1 aromatic heterocycles. The van der Waals surface area contributed by atoms with E-state index in [1.165, 1.54) is 11.2 Å². The number of anilines is 4. The van der Waals surface area contributed by atoms with Gasteiger partial charge in [0.2, 0.25) is 0 Å². The highest BCUT2D eigenvalue weighted by molar-refractivity contribution is 9.10. The third-order valence-corrected chi connectivity index (χ3v) is 7.06. The van der Waals surface area contributed by atoms with Crippen molar-refractivity contribution in [1.29, 1.82) is 0 Å². The highest BCUT2D eigenvalue weighted by Crippen LogP contribution is 2.32. The van der Waals surface area contributed by atoms with Crippen molar-refractivity contribution in [3.63, 3.8) is 0 Å². The minimum absolute atomic E-state index is 0.289. The molecule has 43 heavy (non-hydrogen) atoms. The average Bonchev–Trinajstić information content (AvgIpc) is 2.96. The first-order valence-corrected chi connectivity index (χ1v) is 14.3. The standard InChI is InChI=1S/C33H30BrN5O4/c1-33(2,3)39(32(41)42)29-10-5-4-9-28(29)38-31(40)22-13-11-21(12-14-22)19-43-25-15-16-27-26(18-25)30(36-20-35-27)37-24-8-6-7-23(34)17-24/h4-18,20H,19H2,1-3H3,(H,38,40)(H,41,42)(H,35,36,37). The lowest BCUT2D eigenvalue weighted by molar-refractivity contribution is 0.102. The monoisotopic (exact) mass is 639 g/mol. The van der Waals surface area contributed by atoms with Crippen LogP contribution in [0.2, 0.25) is 0 Å². The first kappa shape index (κ1) is 29.5. The summed E-state index contributed by atoms with van der Waals surface area (Å²) in [5.74, 6) is 0.971. The summed E-state index contributed by atoms with van der Waals surface area (Å²) < 4.78 is 7.02. The highest BCUT2D eigenvalue weighted by atomic mass is 79.9. The van der Waals surface area contributed by atoms with Crippen molar-refractivity contribution in [1.82, 2.24) is 9.97 Å². The molecule has 0 atom stereocenters. The van der Waals surface area contributed by atoms with Gasteiger partial charge in [0, 0.05) is 26.6 Å². The molecule has 0 fully saturated rings. The summed E-state index contributed by atoms with van der Waals surface area (Å²) in [5.41, 5.74) is 3.08. The summed E-state index contributed by atoms with van der Waals surface area (Å²) in [5, 5.41) is 16.8. The Hall–Kier alpha value is -4.96. The zero-order valence-corrected chi connectivity index (χ0v) is 25.4. The molecule has 0 unspecified atom stereocenters. The first-order valence-electron chi connectivity index (χ1n) is 13.5. The number of amides is 2. The predicted octanol–water partition coefficient (Wildman–Crippen LogP) is 8.25. The Labute approximate surface area is 257 Å². The van der Waals surface area contributed by atoms with Gasteiger partial charge in [-0.15, -0.1) is 0 Å². The molecular weight excluding hydrogens is 610 g/mol. The molecule has 3 N–H and O–H groups in total. The molecule has 2 amide bonds. The molecule has 0 aliphatic carbocycles. The molecule has 5 rings (SSSR count). The fourth-order valence-electron chi connectivity index (χ4n) is 4.57. The van der Waals surface area contributed by atoms with Crippen LogP contribution in [-0.2, 0) is 6.61 Å². The number of hydrogen-bond acceptors (Lipinski definition) is 6. The molecule has 0 saturated carbocycles. The Morgan fingerprint density at radius 3 is 2.42 bits per heavy atom. The minimum atomic E-state index is -1.10. The Morgan fingerprint density at radius 2 is 1.70 bits per heavy atom. The number of fused-ring (bicyclic) bond motifs is 1. The topological polar surface area (TPSA) is 117 Å². The summed E-state index contributed by atoms with van der Waals surface area (Å²) in [6.45, 7) is 5.68. The largest absolute Gasteiger partial charge is 0.489 e. The summed E-state index contributed by atoms with van der Waals surface area (Å²) >= 11 is 3.49. The van der Waals surface area contributed by atoms with Gasteiger partial charge in [-0.2, -0.15) is 0 Å². The van der Waals surface area contributed by atoms with E-state index in [0.29, 0.717) is 28.5 Å². The van der Waals surface area contributed by atoms with Crippen LogP contribution in [0.4, 0.5) is 27.7 Å².